The Labute approximate surface area is 130 Å². The average Bonchev–Trinajstić information content (AvgIpc) is 3.25. The van der Waals surface area contributed by atoms with E-state index in [9.17, 15) is 4.79 Å². The number of aryl methyl sites for hydroxylation is 2. The number of amides is 1. The number of carbonyl (C=O) groups excluding carboxylic acids is 1. The van der Waals surface area contributed by atoms with Crippen molar-refractivity contribution in [3.8, 4) is 0 Å². The highest BCUT2D eigenvalue weighted by molar-refractivity contribution is 6.31. The van der Waals surface area contributed by atoms with E-state index in [0.29, 0.717) is 5.02 Å². The Bertz CT molecular complexity index is 687. The lowest BCUT2D eigenvalue weighted by Gasteiger charge is -2.16. The van der Waals surface area contributed by atoms with Crippen molar-refractivity contribution >= 4 is 23.2 Å². The highest BCUT2D eigenvalue weighted by atomic mass is 35.5. The van der Waals surface area contributed by atoms with Crippen LogP contribution in [0.15, 0.2) is 42.5 Å². The van der Waals surface area contributed by atoms with Crippen LogP contribution in [0.2, 0.25) is 5.02 Å². The van der Waals surface area contributed by atoms with Gasteiger partial charge >= 0.3 is 0 Å². The van der Waals surface area contributed by atoms with E-state index in [1.165, 1.54) is 5.56 Å². The van der Waals surface area contributed by atoms with Crippen molar-refractivity contribution in [1.29, 1.82) is 0 Å². The Morgan fingerprint density at radius 1 is 1.10 bits per heavy atom. The molecule has 0 atom stereocenters. The normalized spacial score (nSPS) is 15.6. The molecular formula is C18H18ClNO. The number of anilines is 1. The van der Waals surface area contributed by atoms with Crippen molar-refractivity contribution < 1.29 is 4.79 Å². The molecule has 1 aliphatic carbocycles. The number of benzene rings is 2. The number of carbonyl (C=O) groups is 1. The van der Waals surface area contributed by atoms with Crippen LogP contribution in [-0.2, 0) is 10.2 Å². The minimum atomic E-state index is -0.356. The molecule has 1 N–H and O–H groups in total. The molecule has 2 nitrogen and oxygen atoms in total. The van der Waals surface area contributed by atoms with Crippen LogP contribution >= 0.6 is 11.6 Å². The monoisotopic (exact) mass is 299 g/mol. The molecule has 3 heteroatoms. The Morgan fingerprint density at radius 3 is 2.33 bits per heavy atom. The van der Waals surface area contributed by atoms with Crippen LogP contribution in [0, 0.1) is 13.8 Å². The standard InChI is InChI=1S/C18H18ClNO/c1-12-3-6-14(7-4-12)18(9-10-18)17(21)20-15-8-5-13(2)16(19)11-15/h3-8,11H,9-10H2,1-2H3,(H,20,21). The average molecular weight is 300 g/mol. The van der Waals surface area contributed by atoms with E-state index < -0.39 is 0 Å². The van der Waals surface area contributed by atoms with Crippen LogP contribution in [0.3, 0.4) is 0 Å². The first-order valence-electron chi connectivity index (χ1n) is 7.16. The summed E-state index contributed by atoms with van der Waals surface area (Å²) in [5, 5.41) is 3.68. The van der Waals surface area contributed by atoms with Gasteiger partial charge in [0.05, 0.1) is 5.41 Å². The molecule has 0 heterocycles. The van der Waals surface area contributed by atoms with Crippen molar-refractivity contribution in [3.63, 3.8) is 0 Å². The van der Waals surface area contributed by atoms with Gasteiger partial charge in [-0.25, -0.2) is 0 Å². The van der Waals surface area contributed by atoms with E-state index in [2.05, 4.69) is 36.5 Å². The van der Waals surface area contributed by atoms with Gasteiger partial charge in [-0.1, -0.05) is 47.5 Å². The van der Waals surface area contributed by atoms with Crippen molar-refractivity contribution in [2.75, 3.05) is 5.32 Å². The molecule has 0 aromatic heterocycles. The Hall–Kier alpha value is -1.80. The van der Waals surface area contributed by atoms with Gasteiger partial charge in [-0.2, -0.15) is 0 Å². The molecule has 0 unspecified atom stereocenters. The topological polar surface area (TPSA) is 29.1 Å². The van der Waals surface area contributed by atoms with Gasteiger partial charge in [0.2, 0.25) is 5.91 Å². The third-order valence-corrected chi connectivity index (χ3v) is 4.63. The van der Waals surface area contributed by atoms with Crippen LogP contribution in [-0.4, -0.2) is 5.91 Å². The minimum absolute atomic E-state index is 0.0614. The second-order valence-electron chi connectivity index (χ2n) is 5.87. The summed E-state index contributed by atoms with van der Waals surface area (Å²) < 4.78 is 0. The first-order valence-corrected chi connectivity index (χ1v) is 7.54. The van der Waals surface area contributed by atoms with Gasteiger partial charge in [-0.3, -0.25) is 4.79 Å². The molecular weight excluding hydrogens is 282 g/mol. The molecule has 3 rings (SSSR count). The number of nitrogens with one attached hydrogen (secondary N) is 1. The fourth-order valence-corrected chi connectivity index (χ4v) is 2.75. The molecule has 2 aromatic rings. The van der Waals surface area contributed by atoms with Gasteiger partial charge in [-0.15, -0.1) is 0 Å². The van der Waals surface area contributed by atoms with Crippen LogP contribution < -0.4 is 5.32 Å². The molecule has 0 spiro atoms. The van der Waals surface area contributed by atoms with Gasteiger partial charge < -0.3 is 5.32 Å². The molecule has 0 radical (unpaired) electrons. The molecule has 1 amide bonds. The lowest BCUT2D eigenvalue weighted by molar-refractivity contribution is -0.118. The summed E-state index contributed by atoms with van der Waals surface area (Å²) in [5.74, 6) is 0.0614. The largest absolute Gasteiger partial charge is 0.325 e. The number of rotatable bonds is 3. The van der Waals surface area contributed by atoms with Crippen LogP contribution in [0.25, 0.3) is 0 Å². The highest BCUT2D eigenvalue weighted by Gasteiger charge is 2.51. The SMILES string of the molecule is Cc1ccc(C2(C(=O)Nc3ccc(C)c(Cl)c3)CC2)cc1. The molecule has 1 aliphatic rings. The molecule has 2 aromatic carbocycles. The van der Waals surface area contributed by atoms with Crippen LogP contribution in [0.1, 0.15) is 29.5 Å². The first kappa shape index (κ1) is 14.2. The maximum absolute atomic E-state index is 12.6. The van der Waals surface area contributed by atoms with E-state index in [1.54, 1.807) is 6.07 Å². The molecule has 1 saturated carbocycles. The Morgan fingerprint density at radius 2 is 1.76 bits per heavy atom. The highest BCUT2D eigenvalue weighted by Crippen LogP contribution is 2.49. The van der Waals surface area contributed by atoms with E-state index >= 15 is 0 Å². The van der Waals surface area contributed by atoms with E-state index in [4.69, 9.17) is 11.6 Å². The minimum Gasteiger partial charge on any atom is -0.325 e. The van der Waals surface area contributed by atoms with Gasteiger partial charge in [0.1, 0.15) is 0 Å². The number of hydrogen-bond acceptors (Lipinski definition) is 1. The van der Waals surface area contributed by atoms with Crippen LogP contribution in [0.4, 0.5) is 5.69 Å². The summed E-state index contributed by atoms with van der Waals surface area (Å²) in [4.78, 5) is 12.6. The molecule has 108 valence electrons. The summed E-state index contributed by atoms with van der Waals surface area (Å²) in [6.45, 7) is 4.00. The summed E-state index contributed by atoms with van der Waals surface area (Å²) in [7, 11) is 0. The van der Waals surface area contributed by atoms with Crippen molar-refractivity contribution in [2.24, 2.45) is 0 Å². The smallest absolute Gasteiger partial charge is 0.235 e. The molecule has 0 bridgehead atoms. The molecule has 21 heavy (non-hydrogen) atoms. The number of hydrogen-bond donors (Lipinski definition) is 1. The van der Waals surface area contributed by atoms with Gasteiger partial charge in [0.25, 0.3) is 0 Å². The van der Waals surface area contributed by atoms with Crippen molar-refractivity contribution in [1.82, 2.24) is 0 Å². The van der Waals surface area contributed by atoms with Gasteiger partial charge in [0, 0.05) is 10.7 Å². The number of halogens is 1. The van der Waals surface area contributed by atoms with Crippen molar-refractivity contribution in [3.05, 3.63) is 64.2 Å². The lowest BCUT2D eigenvalue weighted by Crippen LogP contribution is -2.27. The maximum Gasteiger partial charge on any atom is 0.235 e. The summed E-state index contributed by atoms with van der Waals surface area (Å²) in [6.07, 6.45) is 1.81. The molecule has 0 aliphatic heterocycles. The lowest BCUT2D eigenvalue weighted by atomic mass is 9.94. The molecule has 0 saturated heterocycles. The fourth-order valence-electron chi connectivity index (χ4n) is 2.57. The van der Waals surface area contributed by atoms with Gasteiger partial charge in [-0.05, 0) is 49.9 Å². The summed E-state index contributed by atoms with van der Waals surface area (Å²) in [5.41, 5.74) is 3.72. The Kier molecular flexibility index (Phi) is 3.50. The summed E-state index contributed by atoms with van der Waals surface area (Å²) >= 11 is 6.11. The maximum atomic E-state index is 12.6. The van der Waals surface area contributed by atoms with E-state index in [-0.39, 0.29) is 11.3 Å². The second kappa shape index (κ2) is 5.19. The van der Waals surface area contributed by atoms with Crippen molar-refractivity contribution in [2.45, 2.75) is 32.1 Å². The summed E-state index contributed by atoms with van der Waals surface area (Å²) in [6, 6.07) is 13.9. The van der Waals surface area contributed by atoms with Gasteiger partial charge in [0.15, 0.2) is 0 Å². The second-order valence-corrected chi connectivity index (χ2v) is 6.27. The third-order valence-electron chi connectivity index (χ3n) is 4.22. The zero-order valence-corrected chi connectivity index (χ0v) is 13.0. The van der Waals surface area contributed by atoms with Crippen LogP contribution in [0.5, 0.6) is 0 Å². The quantitative estimate of drug-likeness (QED) is 0.880. The fraction of sp³-hybridized carbons (Fsp3) is 0.278. The predicted octanol–water partition coefficient (Wildman–Crippen LogP) is 4.63. The third kappa shape index (κ3) is 2.68. The predicted molar refractivity (Wildman–Crippen MR) is 86.9 cm³/mol. The first-order chi connectivity index (χ1) is 10.0. The zero-order valence-electron chi connectivity index (χ0n) is 12.2. The Balaban J connectivity index is 1.81. The molecule has 1 fully saturated rings. The van der Waals surface area contributed by atoms with E-state index in [0.717, 1.165) is 29.7 Å². The zero-order chi connectivity index (χ0) is 15.0. The van der Waals surface area contributed by atoms with E-state index in [1.807, 2.05) is 19.1 Å².